The zero-order valence-electron chi connectivity index (χ0n) is 10.8. The second-order valence-corrected chi connectivity index (χ2v) is 5.55. The Morgan fingerprint density at radius 1 is 1.05 bits per heavy atom. The molecule has 0 radical (unpaired) electrons. The highest BCUT2D eigenvalue weighted by atomic mass is 79.9. The minimum absolute atomic E-state index is 0.174. The van der Waals surface area contributed by atoms with Gasteiger partial charge in [0.15, 0.2) is 6.61 Å². The molecule has 0 bridgehead atoms. The van der Waals surface area contributed by atoms with Crippen LogP contribution in [-0.2, 0) is 6.61 Å². The Labute approximate surface area is 134 Å². The van der Waals surface area contributed by atoms with E-state index in [0.29, 0.717) is 22.6 Å². The fraction of sp³-hybridized carbons (Fsp3) is 0.0667. The summed E-state index contributed by atoms with van der Waals surface area (Å²) in [6, 6.07) is 14.9. The van der Waals surface area contributed by atoms with E-state index < -0.39 is 0 Å². The van der Waals surface area contributed by atoms with Crippen LogP contribution in [0.1, 0.15) is 5.89 Å². The summed E-state index contributed by atoms with van der Waals surface area (Å²) in [5.74, 6) is 1.44. The first-order chi connectivity index (χ1) is 10.2. The van der Waals surface area contributed by atoms with E-state index in [1.54, 1.807) is 12.1 Å². The zero-order valence-corrected chi connectivity index (χ0v) is 13.1. The zero-order chi connectivity index (χ0) is 14.7. The molecule has 0 spiro atoms. The Kier molecular flexibility index (Phi) is 4.22. The molecule has 0 amide bonds. The second kappa shape index (κ2) is 6.28. The molecule has 0 N–H and O–H groups in total. The van der Waals surface area contributed by atoms with Crippen molar-refractivity contribution in [2.24, 2.45) is 0 Å². The van der Waals surface area contributed by atoms with Crippen LogP contribution < -0.4 is 4.74 Å². The van der Waals surface area contributed by atoms with Crippen LogP contribution in [0.25, 0.3) is 11.5 Å². The summed E-state index contributed by atoms with van der Waals surface area (Å²) in [7, 11) is 0. The van der Waals surface area contributed by atoms with Gasteiger partial charge in [-0.2, -0.15) is 0 Å². The summed E-state index contributed by atoms with van der Waals surface area (Å²) in [4.78, 5) is 0. The third-order valence-electron chi connectivity index (χ3n) is 2.75. The Balaban J connectivity index is 1.71. The lowest BCUT2D eigenvalue weighted by Crippen LogP contribution is -1.95. The van der Waals surface area contributed by atoms with Crippen molar-refractivity contribution in [2.45, 2.75) is 6.61 Å². The van der Waals surface area contributed by atoms with Crippen molar-refractivity contribution in [3.05, 3.63) is 63.9 Å². The van der Waals surface area contributed by atoms with Crippen molar-refractivity contribution in [1.82, 2.24) is 10.2 Å². The van der Waals surface area contributed by atoms with Crippen LogP contribution in [0, 0.1) is 0 Å². The SMILES string of the molecule is Clc1ccccc1OCc1nnc(-c2ccc(Br)cc2)o1. The molecule has 0 aliphatic carbocycles. The lowest BCUT2D eigenvalue weighted by molar-refractivity contribution is 0.264. The maximum absolute atomic E-state index is 6.01. The topological polar surface area (TPSA) is 48.2 Å². The van der Waals surface area contributed by atoms with E-state index in [9.17, 15) is 0 Å². The van der Waals surface area contributed by atoms with E-state index in [2.05, 4.69) is 26.1 Å². The smallest absolute Gasteiger partial charge is 0.254 e. The van der Waals surface area contributed by atoms with Crippen molar-refractivity contribution < 1.29 is 9.15 Å². The highest BCUT2D eigenvalue weighted by Crippen LogP contribution is 2.25. The molecule has 21 heavy (non-hydrogen) atoms. The first kappa shape index (κ1) is 14.1. The van der Waals surface area contributed by atoms with E-state index in [4.69, 9.17) is 20.8 Å². The van der Waals surface area contributed by atoms with Crippen molar-refractivity contribution in [1.29, 1.82) is 0 Å². The number of ether oxygens (including phenoxy) is 1. The Morgan fingerprint density at radius 2 is 1.81 bits per heavy atom. The number of halogens is 2. The van der Waals surface area contributed by atoms with Crippen LogP contribution in [0.15, 0.2) is 57.4 Å². The molecule has 2 aromatic carbocycles. The highest BCUT2D eigenvalue weighted by Gasteiger charge is 2.09. The van der Waals surface area contributed by atoms with Crippen molar-refractivity contribution in [3.8, 4) is 17.2 Å². The summed E-state index contributed by atoms with van der Waals surface area (Å²) in [5.41, 5.74) is 0.856. The molecular formula is C15H10BrClN2O2. The van der Waals surface area contributed by atoms with Gasteiger partial charge in [0.1, 0.15) is 5.75 Å². The summed E-state index contributed by atoms with van der Waals surface area (Å²) >= 11 is 9.39. The van der Waals surface area contributed by atoms with E-state index >= 15 is 0 Å². The number of hydrogen-bond acceptors (Lipinski definition) is 4. The molecule has 0 aliphatic heterocycles. The van der Waals surface area contributed by atoms with Crippen molar-refractivity contribution >= 4 is 27.5 Å². The standard InChI is InChI=1S/C15H10BrClN2O2/c16-11-7-5-10(6-8-11)15-19-18-14(21-15)9-20-13-4-2-1-3-12(13)17/h1-8H,9H2. The molecule has 3 rings (SSSR count). The third kappa shape index (κ3) is 3.43. The predicted molar refractivity (Wildman–Crippen MR) is 83.2 cm³/mol. The summed E-state index contributed by atoms with van der Waals surface area (Å²) in [5, 5.41) is 8.52. The van der Waals surface area contributed by atoms with Gasteiger partial charge >= 0.3 is 0 Å². The lowest BCUT2D eigenvalue weighted by atomic mass is 10.2. The number of para-hydroxylation sites is 1. The summed E-state index contributed by atoms with van der Waals surface area (Å²) < 4.78 is 12.1. The molecule has 3 aromatic rings. The minimum Gasteiger partial charge on any atom is -0.482 e. The molecule has 1 heterocycles. The molecule has 0 fully saturated rings. The molecule has 0 unspecified atom stereocenters. The average Bonchev–Trinajstić information content (AvgIpc) is 2.96. The van der Waals surface area contributed by atoms with Gasteiger partial charge in [-0.3, -0.25) is 0 Å². The number of hydrogen-bond donors (Lipinski definition) is 0. The molecule has 0 aliphatic rings. The van der Waals surface area contributed by atoms with Gasteiger partial charge < -0.3 is 9.15 Å². The average molecular weight is 366 g/mol. The van der Waals surface area contributed by atoms with Crippen molar-refractivity contribution in [3.63, 3.8) is 0 Å². The van der Waals surface area contributed by atoms with E-state index in [-0.39, 0.29) is 6.61 Å². The number of aromatic nitrogens is 2. The van der Waals surface area contributed by atoms with E-state index in [1.807, 2.05) is 36.4 Å². The molecule has 4 nitrogen and oxygen atoms in total. The molecule has 6 heteroatoms. The lowest BCUT2D eigenvalue weighted by Gasteiger charge is -2.04. The van der Waals surface area contributed by atoms with Crippen LogP contribution in [-0.4, -0.2) is 10.2 Å². The third-order valence-corrected chi connectivity index (χ3v) is 3.59. The normalized spacial score (nSPS) is 10.6. The Morgan fingerprint density at radius 3 is 2.57 bits per heavy atom. The molecule has 0 atom stereocenters. The maximum Gasteiger partial charge on any atom is 0.254 e. The minimum atomic E-state index is 0.174. The van der Waals surface area contributed by atoms with Gasteiger partial charge in [-0.15, -0.1) is 10.2 Å². The van der Waals surface area contributed by atoms with E-state index in [1.165, 1.54) is 0 Å². The second-order valence-electron chi connectivity index (χ2n) is 4.23. The molecule has 1 aromatic heterocycles. The number of nitrogens with zero attached hydrogens (tertiary/aromatic N) is 2. The molecule has 0 saturated heterocycles. The van der Waals surface area contributed by atoms with E-state index in [0.717, 1.165) is 10.0 Å². The van der Waals surface area contributed by atoms with Crippen LogP contribution in [0.2, 0.25) is 5.02 Å². The summed E-state index contributed by atoms with van der Waals surface area (Å²) in [6.07, 6.45) is 0. The Hall–Kier alpha value is -1.85. The van der Waals surface area contributed by atoms with Gasteiger partial charge in [0.25, 0.3) is 5.89 Å². The Bertz CT molecular complexity index is 743. The fourth-order valence-corrected chi connectivity index (χ4v) is 2.18. The van der Waals surface area contributed by atoms with Crippen molar-refractivity contribution in [2.75, 3.05) is 0 Å². The molecular weight excluding hydrogens is 356 g/mol. The largest absolute Gasteiger partial charge is 0.482 e. The number of benzene rings is 2. The first-order valence-corrected chi connectivity index (χ1v) is 7.35. The van der Waals surface area contributed by atoms with Crippen LogP contribution in [0.5, 0.6) is 5.75 Å². The molecule has 106 valence electrons. The monoisotopic (exact) mass is 364 g/mol. The maximum atomic E-state index is 6.01. The predicted octanol–water partition coefficient (Wildman–Crippen LogP) is 4.73. The first-order valence-electron chi connectivity index (χ1n) is 6.18. The quantitative estimate of drug-likeness (QED) is 0.670. The van der Waals surface area contributed by atoms with Crippen LogP contribution in [0.4, 0.5) is 0 Å². The molecule has 0 saturated carbocycles. The van der Waals surface area contributed by atoms with Gasteiger partial charge in [-0.25, -0.2) is 0 Å². The highest BCUT2D eigenvalue weighted by molar-refractivity contribution is 9.10. The van der Waals surface area contributed by atoms with Gasteiger partial charge in [-0.05, 0) is 36.4 Å². The number of rotatable bonds is 4. The fourth-order valence-electron chi connectivity index (χ4n) is 1.72. The van der Waals surface area contributed by atoms with Crippen LogP contribution in [0.3, 0.4) is 0 Å². The van der Waals surface area contributed by atoms with Gasteiger partial charge in [0.05, 0.1) is 5.02 Å². The van der Waals surface area contributed by atoms with Gasteiger partial charge in [0.2, 0.25) is 5.89 Å². The van der Waals surface area contributed by atoms with Gasteiger partial charge in [0, 0.05) is 10.0 Å². The van der Waals surface area contributed by atoms with Gasteiger partial charge in [-0.1, -0.05) is 39.7 Å². The van der Waals surface area contributed by atoms with Crippen LogP contribution >= 0.6 is 27.5 Å². The summed E-state index contributed by atoms with van der Waals surface area (Å²) in [6.45, 7) is 0.174.